The molecule has 0 saturated carbocycles. The molecule has 0 saturated heterocycles. The van der Waals surface area contributed by atoms with Crippen LogP contribution in [0.3, 0.4) is 0 Å². The van der Waals surface area contributed by atoms with E-state index in [-0.39, 0.29) is 0 Å². The van der Waals surface area contributed by atoms with Gasteiger partial charge in [0.25, 0.3) is 0 Å². The monoisotopic (exact) mass is 189 g/mol. The van der Waals surface area contributed by atoms with Gasteiger partial charge in [-0.15, -0.1) is 0 Å². The lowest BCUT2D eigenvalue weighted by molar-refractivity contribution is 0.0513. The summed E-state index contributed by atoms with van der Waals surface area (Å²) in [4.78, 5) is 1.94. The maximum absolute atomic E-state index is 12.3. The van der Waals surface area contributed by atoms with Crippen molar-refractivity contribution in [3.05, 3.63) is 18.0 Å². The van der Waals surface area contributed by atoms with Crippen LogP contribution < -0.4 is 0 Å². The van der Waals surface area contributed by atoms with Gasteiger partial charge in [-0.05, 0) is 19.7 Å². The second kappa shape index (κ2) is 4.32. The maximum Gasteiger partial charge on any atom is 0.333 e. The highest BCUT2D eigenvalue weighted by Gasteiger charge is 2.11. The van der Waals surface area contributed by atoms with Crippen LogP contribution in [0.2, 0.25) is 0 Å². The van der Waals surface area contributed by atoms with Crippen molar-refractivity contribution >= 4 is 0 Å². The first-order valence-electron chi connectivity index (χ1n) is 4.14. The molecule has 0 aliphatic carbocycles. The predicted molar refractivity (Wildman–Crippen MR) is 45.5 cm³/mol. The zero-order valence-corrected chi connectivity index (χ0v) is 7.74. The van der Waals surface area contributed by atoms with E-state index < -0.39 is 6.55 Å². The molecule has 5 heteroatoms. The molecule has 0 aromatic carbocycles. The molecule has 0 aliphatic heterocycles. The third-order valence-electron chi connectivity index (χ3n) is 1.91. The lowest BCUT2D eigenvalue weighted by Gasteiger charge is -2.14. The van der Waals surface area contributed by atoms with Crippen molar-refractivity contribution in [2.45, 2.75) is 20.0 Å². The van der Waals surface area contributed by atoms with Gasteiger partial charge in [-0.2, -0.15) is 13.9 Å². The van der Waals surface area contributed by atoms with Crippen molar-refractivity contribution in [1.82, 2.24) is 14.7 Å². The minimum atomic E-state index is -2.55. The van der Waals surface area contributed by atoms with E-state index in [1.54, 1.807) is 6.07 Å². The highest BCUT2D eigenvalue weighted by molar-refractivity contribution is 5.00. The molecule has 0 aliphatic rings. The molecule has 0 N–H and O–H groups in total. The zero-order valence-electron chi connectivity index (χ0n) is 7.74. The topological polar surface area (TPSA) is 21.1 Å². The molecule has 0 radical (unpaired) electrons. The first-order valence-corrected chi connectivity index (χ1v) is 4.14. The molecule has 1 heterocycles. The van der Waals surface area contributed by atoms with Gasteiger partial charge in [0.05, 0.1) is 5.69 Å². The summed E-state index contributed by atoms with van der Waals surface area (Å²) in [7, 11) is 1.88. The van der Waals surface area contributed by atoms with Gasteiger partial charge in [0, 0.05) is 12.7 Å². The summed E-state index contributed by atoms with van der Waals surface area (Å²) >= 11 is 0. The van der Waals surface area contributed by atoms with Gasteiger partial charge in [-0.25, -0.2) is 4.68 Å². The first-order chi connectivity index (χ1) is 6.15. The molecule has 74 valence electrons. The Hall–Kier alpha value is -0.970. The Balaban J connectivity index is 2.70. The van der Waals surface area contributed by atoms with Gasteiger partial charge in [0.1, 0.15) is 0 Å². The average Bonchev–Trinajstić information content (AvgIpc) is 2.52. The fourth-order valence-corrected chi connectivity index (χ4v) is 1.03. The number of hydrogen-bond acceptors (Lipinski definition) is 2. The van der Waals surface area contributed by atoms with E-state index in [1.165, 1.54) is 6.20 Å². The van der Waals surface area contributed by atoms with Crippen molar-refractivity contribution in [2.75, 3.05) is 13.6 Å². The molecule has 0 atom stereocenters. The van der Waals surface area contributed by atoms with E-state index in [0.717, 1.165) is 11.2 Å². The standard InChI is InChI=1S/C8H13F2N3/c1-3-12(2)6-7-4-5-11-13(7)8(9)10/h4-5,8H,3,6H2,1-2H3. The summed E-state index contributed by atoms with van der Waals surface area (Å²) in [5.41, 5.74) is 0.541. The molecular weight excluding hydrogens is 176 g/mol. The van der Waals surface area contributed by atoms with Crippen molar-refractivity contribution in [3.63, 3.8) is 0 Å². The van der Waals surface area contributed by atoms with E-state index in [4.69, 9.17) is 0 Å². The molecule has 3 nitrogen and oxygen atoms in total. The van der Waals surface area contributed by atoms with Gasteiger partial charge >= 0.3 is 6.55 Å². The Morgan fingerprint density at radius 2 is 2.31 bits per heavy atom. The Labute approximate surface area is 76.0 Å². The molecule has 1 aromatic heterocycles. The predicted octanol–water partition coefficient (Wildman–Crippen LogP) is 1.73. The number of hydrogen-bond donors (Lipinski definition) is 0. The van der Waals surface area contributed by atoms with Crippen LogP contribution in [0, 0.1) is 0 Å². The fraction of sp³-hybridized carbons (Fsp3) is 0.625. The van der Waals surface area contributed by atoms with Gasteiger partial charge < -0.3 is 4.90 Å². The molecule has 1 rings (SSSR count). The number of nitrogens with zero attached hydrogens (tertiary/aromatic N) is 3. The molecule has 1 aromatic rings. The zero-order chi connectivity index (χ0) is 9.84. The molecule has 13 heavy (non-hydrogen) atoms. The highest BCUT2D eigenvalue weighted by Crippen LogP contribution is 2.12. The lowest BCUT2D eigenvalue weighted by Crippen LogP contribution is -2.19. The van der Waals surface area contributed by atoms with Crippen LogP contribution in [-0.4, -0.2) is 28.3 Å². The Morgan fingerprint density at radius 1 is 1.62 bits per heavy atom. The SMILES string of the molecule is CCN(C)Cc1ccnn1C(F)F. The quantitative estimate of drug-likeness (QED) is 0.719. The average molecular weight is 189 g/mol. The first kappa shape index (κ1) is 10.1. The van der Waals surface area contributed by atoms with Crippen molar-refractivity contribution in [3.8, 4) is 0 Å². The van der Waals surface area contributed by atoms with Gasteiger partial charge in [0.2, 0.25) is 0 Å². The van der Waals surface area contributed by atoms with Gasteiger partial charge in [-0.3, -0.25) is 0 Å². The van der Waals surface area contributed by atoms with E-state index in [1.807, 2.05) is 18.9 Å². The van der Waals surface area contributed by atoms with E-state index in [2.05, 4.69) is 5.10 Å². The molecule has 0 amide bonds. The molecule has 0 fully saturated rings. The van der Waals surface area contributed by atoms with Crippen molar-refractivity contribution < 1.29 is 8.78 Å². The molecule has 0 bridgehead atoms. The second-order valence-electron chi connectivity index (χ2n) is 2.88. The highest BCUT2D eigenvalue weighted by atomic mass is 19.3. The summed E-state index contributed by atoms with van der Waals surface area (Å²) in [6, 6.07) is 1.61. The van der Waals surface area contributed by atoms with Gasteiger partial charge in [-0.1, -0.05) is 6.92 Å². The number of halogens is 2. The van der Waals surface area contributed by atoms with Crippen LogP contribution in [0.4, 0.5) is 8.78 Å². The van der Waals surface area contributed by atoms with Crippen LogP contribution in [0.1, 0.15) is 19.2 Å². The summed E-state index contributed by atoms with van der Waals surface area (Å²) in [6.07, 6.45) is 1.39. The summed E-state index contributed by atoms with van der Waals surface area (Å²) in [5.74, 6) is 0. The summed E-state index contributed by atoms with van der Waals surface area (Å²) in [6.45, 7) is 0.758. The van der Waals surface area contributed by atoms with Crippen LogP contribution in [0.15, 0.2) is 12.3 Å². The molecular formula is C8H13F2N3. The molecule has 0 spiro atoms. The fourth-order valence-electron chi connectivity index (χ4n) is 1.03. The van der Waals surface area contributed by atoms with Crippen molar-refractivity contribution in [2.24, 2.45) is 0 Å². The van der Waals surface area contributed by atoms with Crippen LogP contribution in [0.5, 0.6) is 0 Å². The van der Waals surface area contributed by atoms with E-state index in [9.17, 15) is 8.78 Å². The number of alkyl halides is 2. The normalized spacial score (nSPS) is 11.5. The van der Waals surface area contributed by atoms with Crippen LogP contribution >= 0.6 is 0 Å². The summed E-state index contributed by atoms with van der Waals surface area (Å²) in [5, 5.41) is 3.54. The Bertz CT molecular complexity index is 260. The Morgan fingerprint density at radius 3 is 2.85 bits per heavy atom. The number of rotatable bonds is 4. The van der Waals surface area contributed by atoms with E-state index >= 15 is 0 Å². The number of aromatic nitrogens is 2. The third kappa shape index (κ3) is 2.48. The molecule has 0 unspecified atom stereocenters. The smallest absolute Gasteiger partial charge is 0.301 e. The summed E-state index contributed by atoms with van der Waals surface area (Å²) < 4.78 is 25.3. The third-order valence-corrected chi connectivity index (χ3v) is 1.91. The van der Waals surface area contributed by atoms with E-state index in [0.29, 0.717) is 12.2 Å². The lowest BCUT2D eigenvalue weighted by atomic mass is 10.4. The maximum atomic E-state index is 12.3. The minimum absolute atomic E-state index is 0.501. The Kier molecular flexibility index (Phi) is 3.36. The van der Waals surface area contributed by atoms with Crippen LogP contribution in [0.25, 0.3) is 0 Å². The van der Waals surface area contributed by atoms with Crippen molar-refractivity contribution in [1.29, 1.82) is 0 Å². The van der Waals surface area contributed by atoms with Crippen LogP contribution in [-0.2, 0) is 6.54 Å². The second-order valence-corrected chi connectivity index (χ2v) is 2.88. The minimum Gasteiger partial charge on any atom is -0.301 e. The largest absolute Gasteiger partial charge is 0.333 e. The van der Waals surface area contributed by atoms with Gasteiger partial charge in [0.15, 0.2) is 0 Å².